The molecule has 0 radical (unpaired) electrons. The van der Waals surface area contributed by atoms with Gasteiger partial charge >= 0.3 is 0 Å². The van der Waals surface area contributed by atoms with Crippen LogP contribution >= 0.6 is 23.2 Å². The highest BCUT2D eigenvalue weighted by Crippen LogP contribution is 2.26. The third kappa shape index (κ3) is 2.85. The van der Waals surface area contributed by atoms with Gasteiger partial charge in [-0.25, -0.2) is 0 Å². The molecular formula is C10H13Cl2NO. The van der Waals surface area contributed by atoms with Crippen molar-refractivity contribution < 1.29 is 5.11 Å². The molecule has 78 valence electrons. The molecule has 1 aromatic rings. The minimum Gasteiger partial charge on any atom is -0.396 e. The second-order valence-corrected chi connectivity index (χ2v) is 3.95. The first kappa shape index (κ1) is 11.8. The highest BCUT2D eigenvalue weighted by molar-refractivity contribution is 6.35. The fourth-order valence-electron chi connectivity index (χ4n) is 1.35. The lowest BCUT2D eigenvalue weighted by molar-refractivity contribution is 0.263. The van der Waals surface area contributed by atoms with E-state index in [1.54, 1.807) is 12.1 Å². The van der Waals surface area contributed by atoms with Crippen molar-refractivity contribution in [3.05, 3.63) is 33.8 Å². The molecule has 4 heteroatoms. The Bertz CT molecular complexity index is 304. The second kappa shape index (κ2) is 5.56. The Morgan fingerprint density at radius 3 is 2.64 bits per heavy atom. The molecule has 0 aromatic heterocycles. The zero-order chi connectivity index (χ0) is 10.6. The molecule has 0 aliphatic carbocycles. The van der Waals surface area contributed by atoms with Gasteiger partial charge in [0.2, 0.25) is 0 Å². The van der Waals surface area contributed by atoms with Gasteiger partial charge in [-0.3, -0.25) is 0 Å². The lowest BCUT2D eigenvalue weighted by Gasteiger charge is -2.15. The lowest BCUT2D eigenvalue weighted by Crippen LogP contribution is -2.20. The predicted molar refractivity (Wildman–Crippen MR) is 60.2 cm³/mol. The molecule has 1 unspecified atom stereocenters. The summed E-state index contributed by atoms with van der Waals surface area (Å²) in [5.74, 6) is 0.0183. The molecule has 0 heterocycles. The minimum atomic E-state index is 0.0183. The van der Waals surface area contributed by atoms with E-state index in [0.29, 0.717) is 16.6 Å². The highest BCUT2D eigenvalue weighted by Gasteiger charge is 2.12. The number of aliphatic hydroxyl groups is 1. The van der Waals surface area contributed by atoms with E-state index in [0.717, 1.165) is 5.56 Å². The van der Waals surface area contributed by atoms with E-state index < -0.39 is 0 Å². The number of hydrogen-bond donors (Lipinski definition) is 2. The van der Waals surface area contributed by atoms with Gasteiger partial charge in [-0.15, -0.1) is 0 Å². The van der Waals surface area contributed by atoms with Crippen LogP contribution in [0.2, 0.25) is 10.0 Å². The lowest BCUT2D eigenvalue weighted by atomic mass is 10.00. The van der Waals surface area contributed by atoms with Crippen LogP contribution in [0, 0.1) is 0 Å². The van der Waals surface area contributed by atoms with Crippen molar-refractivity contribution in [2.75, 3.05) is 20.2 Å². The van der Waals surface area contributed by atoms with Crippen LogP contribution in [-0.2, 0) is 0 Å². The maximum Gasteiger partial charge on any atom is 0.0512 e. The monoisotopic (exact) mass is 233 g/mol. The number of rotatable bonds is 4. The summed E-state index contributed by atoms with van der Waals surface area (Å²) < 4.78 is 0. The summed E-state index contributed by atoms with van der Waals surface area (Å²) in [6.07, 6.45) is 0. The standard InChI is InChI=1S/C10H13Cl2NO/c1-13-5-7(6-14)9-3-2-8(11)4-10(9)12/h2-4,7,13-14H,5-6H2,1H3. The van der Waals surface area contributed by atoms with Gasteiger partial charge in [0, 0.05) is 22.5 Å². The smallest absolute Gasteiger partial charge is 0.0512 e. The fraction of sp³-hybridized carbons (Fsp3) is 0.400. The van der Waals surface area contributed by atoms with E-state index in [1.165, 1.54) is 0 Å². The molecule has 1 atom stereocenters. The van der Waals surface area contributed by atoms with Crippen LogP contribution < -0.4 is 5.32 Å². The number of likely N-dealkylation sites (N-methyl/N-ethyl adjacent to an activating group) is 1. The van der Waals surface area contributed by atoms with E-state index in [9.17, 15) is 5.11 Å². The van der Waals surface area contributed by atoms with Gasteiger partial charge in [-0.1, -0.05) is 29.3 Å². The van der Waals surface area contributed by atoms with Crippen LogP contribution in [0.5, 0.6) is 0 Å². The van der Waals surface area contributed by atoms with E-state index in [4.69, 9.17) is 23.2 Å². The summed E-state index contributed by atoms with van der Waals surface area (Å²) in [5, 5.41) is 13.4. The zero-order valence-electron chi connectivity index (χ0n) is 7.93. The molecule has 1 rings (SSSR count). The summed E-state index contributed by atoms with van der Waals surface area (Å²) in [4.78, 5) is 0. The Morgan fingerprint density at radius 1 is 1.43 bits per heavy atom. The van der Waals surface area contributed by atoms with Gasteiger partial charge in [0.1, 0.15) is 0 Å². The first-order valence-corrected chi connectivity index (χ1v) is 5.15. The van der Waals surface area contributed by atoms with Crippen LogP contribution in [0.15, 0.2) is 18.2 Å². The number of benzene rings is 1. The third-order valence-electron chi connectivity index (χ3n) is 2.07. The normalized spacial score (nSPS) is 12.9. The van der Waals surface area contributed by atoms with Gasteiger partial charge in [-0.2, -0.15) is 0 Å². The van der Waals surface area contributed by atoms with Gasteiger partial charge < -0.3 is 10.4 Å². The average Bonchev–Trinajstić information content (AvgIpc) is 2.15. The molecule has 0 bridgehead atoms. The van der Waals surface area contributed by atoms with Crippen LogP contribution in [0.1, 0.15) is 11.5 Å². The summed E-state index contributed by atoms with van der Waals surface area (Å²) in [5.41, 5.74) is 0.924. The number of aliphatic hydroxyl groups excluding tert-OH is 1. The average molecular weight is 234 g/mol. The van der Waals surface area contributed by atoms with Crippen molar-refractivity contribution in [2.45, 2.75) is 5.92 Å². The van der Waals surface area contributed by atoms with E-state index in [-0.39, 0.29) is 12.5 Å². The summed E-state index contributed by atoms with van der Waals surface area (Å²) in [7, 11) is 1.84. The molecule has 0 aliphatic rings. The first-order valence-electron chi connectivity index (χ1n) is 4.39. The Hall–Kier alpha value is -0.280. The maximum absolute atomic E-state index is 9.17. The van der Waals surface area contributed by atoms with Crippen molar-refractivity contribution in [1.29, 1.82) is 0 Å². The molecule has 2 nitrogen and oxygen atoms in total. The van der Waals surface area contributed by atoms with Crippen molar-refractivity contribution in [3.63, 3.8) is 0 Å². The van der Waals surface area contributed by atoms with Crippen LogP contribution in [0.4, 0.5) is 0 Å². The number of nitrogens with one attached hydrogen (secondary N) is 1. The third-order valence-corrected chi connectivity index (χ3v) is 2.64. The molecule has 0 fully saturated rings. The molecule has 0 amide bonds. The summed E-state index contributed by atoms with van der Waals surface area (Å²) in [6.45, 7) is 0.764. The Morgan fingerprint density at radius 2 is 2.14 bits per heavy atom. The maximum atomic E-state index is 9.17. The Labute approximate surface area is 93.8 Å². The molecule has 1 aromatic carbocycles. The van der Waals surface area contributed by atoms with Crippen molar-refractivity contribution >= 4 is 23.2 Å². The van der Waals surface area contributed by atoms with E-state index >= 15 is 0 Å². The van der Waals surface area contributed by atoms with Gasteiger partial charge in [0.15, 0.2) is 0 Å². The Balaban J connectivity index is 2.92. The number of hydrogen-bond acceptors (Lipinski definition) is 2. The summed E-state index contributed by atoms with van der Waals surface area (Å²) >= 11 is 11.8. The molecule has 0 saturated carbocycles. The Kier molecular flexibility index (Phi) is 4.69. The predicted octanol–water partition coefficient (Wildman–Crippen LogP) is 2.29. The van der Waals surface area contributed by atoms with Crippen LogP contribution in [-0.4, -0.2) is 25.3 Å². The minimum absolute atomic E-state index is 0.0183. The molecule has 2 N–H and O–H groups in total. The topological polar surface area (TPSA) is 32.3 Å². The van der Waals surface area contributed by atoms with Crippen LogP contribution in [0.25, 0.3) is 0 Å². The SMILES string of the molecule is CNCC(CO)c1ccc(Cl)cc1Cl. The van der Waals surface area contributed by atoms with E-state index in [1.807, 2.05) is 13.1 Å². The molecule has 0 aliphatic heterocycles. The number of halogens is 2. The molecule has 0 saturated heterocycles. The fourth-order valence-corrected chi connectivity index (χ4v) is 1.91. The summed E-state index contributed by atoms with van der Waals surface area (Å²) in [6, 6.07) is 5.32. The van der Waals surface area contributed by atoms with E-state index in [2.05, 4.69) is 5.32 Å². The van der Waals surface area contributed by atoms with Gasteiger partial charge in [0.25, 0.3) is 0 Å². The van der Waals surface area contributed by atoms with Crippen molar-refractivity contribution in [3.8, 4) is 0 Å². The van der Waals surface area contributed by atoms with Gasteiger partial charge in [-0.05, 0) is 24.7 Å². The quantitative estimate of drug-likeness (QED) is 0.837. The largest absolute Gasteiger partial charge is 0.396 e. The zero-order valence-corrected chi connectivity index (χ0v) is 9.44. The van der Waals surface area contributed by atoms with Crippen LogP contribution in [0.3, 0.4) is 0 Å². The van der Waals surface area contributed by atoms with Crippen molar-refractivity contribution in [1.82, 2.24) is 5.32 Å². The molecular weight excluding hydrogens is 221 g/mol. The molecule has 14 heavy (non-hydrogen) atoms. The molecule has 0 spiro atoms. The van der Waals surface area contributed by atoms with Gasteiger partial charge in [0.05, 0.1) is 6.61 Å². The second-order valence-electron chi connectivity index (χ2n) is 3.10. The van der Waals surface area contributed by atoms with Crippen molar-refractivity contribution in [2.24, 2.45) is 0 Å². The first-order chi connectivity index (χ1) is 6.69. The highest BCUT2D eigenvalue weighted by atomic mass is 35.5.